The first-order chi connectivity index (χ1) is 12.8. The Hall–Kier alpha value is -2.57. The summed E-state index contributed by atoms with van der Waals surface area (Å²) < 4.78 is 0. The number of rotatable bonds is 5. The summed E-state index contributed by atoms with van der Waals surface area (Å²) in [4.78, 5) is 19.6. The molecule has 1 saturated heterocycles. The smallest absolute Gasteiger partial charge is 0.150 e. The lowest BCUT2D eigenvalue weighted by Crippen LogP contribution is -2.23. The molecule has 1 unspecified atom stereocenters. The van der Waals surface area contributed by atoms with Gasteiger partial charge in [0.05, 0.1) is 16.9 Å². The molecule has 1 atom stereocenters. The molecule has 0 bridgehead atoms. The van der Waals surface area contributed by atoms with Crippen molar-refractivity contribution in [2.45, 2.75) is 25.4 Å². The first kappa shape index (κ1) is 16.9. The summed E-state index contributed by atoms with van der Waals surface area (Å²) in [5, 5.41) is 3.88. The molecule has 0 amide bonds. The number of aromatic nitrogens is 4. The van der Waals surface area contributed by atoms with Gasteiger partial charge in [0.25, 0.3) is 0 Å². The quantitative estimate of drug-likeness (QED) is 0.736. The molecule has 1 aliphatic rings. The van der Waals surface area contributed by atoms with Crippen LogP contribution in [0.2, 0.25) is 5.02 Å². The standard InChI is InChI=1S/C19H19ClN6/c20-15-3-4-16(24-11-15)13-26-9-1-2-17(26)14-5-6-22-18(10-14)25-19-12-21-7-8-23-19/h3-8,10-12,17H,1-2,9,13H2,(H,22,23,25). The third kappa shape index (κ3) is 3.98. The van der Waals surface area contributed by atoms with Crippen LogP contribution in [0.25, 0.3) is 0 Å². The highest BCUT2D eigenvalue weighted by Crippen LogP contribution is 2.33. The van der Waals surface area contributed by atoms with Crippen LogP contribution in [0.4, 0.5) is 11.6 Å². The van der Waals surface area contributed by atoms with Gasteiger partial charge in [0.15, 0.2) is 0 Å². The molecule has 6 nitrogen and oxygen atoms in total. The molecule has 4 rings (SSSR count). The van der Waals surface area contributed by atoms with E-state index in [-0.39, 0.29) is 0 Å². The predicted molar refractivity (Wildman–Crippen MR) is 101 cm³/mol. The molecule has 0 aliphatic carbocycles. The van der Waals surface area contributed by atoms with E-state index in [2.05, 4.69) is 42.3 Å². The molecule has 0 saturated carbocycles. The molecule has 1 fully saturated rings. The van der Waals surface area contributed by atoms with Gasteiger partial charge in [0.1, 0.15) is 11.6 Å². The molecule has 0 spiro atoms. The van der Waals surface area contributed by atoms with Gasteiger partial charge in [0.2, 0.25) is 0 Å². The third-order valence-electron chi connectivity index (χ3n) is 4.51. The van der Waals surface area contributed by atoms with E-state index < -0.39 is 0 Å². The zero-order valence-electron chi connectivity index (χ0n) is 14.2. The van der Waals surface area contributed by atoms with Crippen LogP contribution in [0, 0.1) is 0 Å². The number of nitrogens with zero attached hydrogens (tertiary/aromatic N) is 5. The summed E-state index contributed by atoms with van der Waals surface area (Å²) in [6.45, 7) is 1.88. The second kappa shape index (κ2) is 7.76. The van der Waals surface area contributed by atoms with E-state index in [1.807, 2.05) is 18.3 Å². The van der Waals surface area contributed by atoms with E-state index >= 15 is 0 Å². The second-order valence-electron chi connectivity index (χ2n) is 6.29. The minimum atomic E-state index is 0.359. The van der Waals surface area contributed by atoms with Crippen LogP contribution < -0.4 is 5.32 Å². The van der Waals surface area contributed by atoms with Crippen molar-refractivity contribution in [3.05, 3.63) is 71.5 Å². The van der Waals surface area contributed by atoms with E-state index in [9.17, 15) is 0 Å². The van der Waals surface area contributed by atoms with E-state index in [0.29, 0.717) is 16.9 Å². The third-order valence-corrected chi connectivity index (χ3v) is 4.73. The molecule has 3 aromatic rings. The van der Waals surface area contributed by atoms with Gasteiger partial charge in [0, 0.05) is 37.4 Å². The Morgan fingerprint density at radius 3 is 2.77 bits per heavy atom. The topological polar surface area (TPSA) is 66.8 Å². The second-order valence-corrected chi connectivity index (χ2v) is 6.72. The summed E-state index contributed by atoms with van der Waals surface area (Å²) >= 11 is 5.94. The van der Waals surface area contributed by atoms with Crippen LogP contribution >= 0.6 is 11.6 Å². The number of halogens is 1. The van der Waals surface area contributed by atoms with Gasteiger partial charge in [-0.2, -0.15) is 0 Å². The van der Waals surface area contributed by atoms with Crippen molar-refractivity contribution in [3.63, 3.8) is 0 Å². The minimum Gasteiger partial charge on any atom is -0.324 e. The van der Waals surface area contributed by atoms with Gasteiger partial charge in [-0.1, -0.05) is 11.6 Å². The highest BCUT2D eigenvalue weighted by Gasteiger charge is 2.26. The Morgan fingerprint density at radius 2 is 1.96 bits per heavy atom. The van der Waals surface area contributed by atoms with Crippen molar-refractivity contribution in [2.75, 3.05) is 11.9 Å². The van der Waals surface area contributed by atoms with E-state index in [1.54, 1.807) is 24.8 Å². The SMILES string of the molecule is Clc1ccc(CN2CCCC2c2ccnc(Nc3cnccn3)c2)nc1. The highest BCUT2D eigenvalue weighted by atomic mass is 35.5. The Balaban J connectivity index is 1.50. The summed E-state index contributed by atoms with van der Waals surface area (Å²) in [5.74, 6) is 1.46. The number of likely N-dealkylation sites (tertiary alicyclic amines) is 1. The van der Waals surface area contributed by atoms with Crippen molar-refractivity contribution >= 4 is 23.2 Å². The van der Waals surface area contributed by atoms with Crippen LogP contribution in [0.15, 0.2) is 55.2 Å². The lowest BCUT2D eigenvalue weighted by Gasteiger charge is -2.24. The fourth-order valence-corrected chi connectivity index (χ4v) is 3.43. The van der Waals surface area contributed by atoms with Gasteiger partial charge >= 0.3 is 0 Å². The largest absolute Gasteiger partial charge is 0.324 e. The van der Waals surface area contributed by atoms with E-state index in [1.165, 1.54) is 12.0 Å². The molecule has 132 valence electrons. The van der Waals surface area contributed by atoms with E-state index in [4.69, 9.17) is 11.6 Å². The van der Waals surface area contributed by atoms with Crippen LogP contribution in [0.1, 0.15) is 30.1 Å². The molecule has 4 heterocycles. The summed E-state index contributed by atoms with van der Waals surface area (Å²) in [6.07, 6.45) is 10.8. The predicted octanol–water partition coefficient (Wildman–Crippen LogP) is 4.00. The number of hydrogen-bond donors (Lipinski definition) is 1. The first-order valence-electron chi connectivity index (χ1n) is 8.61. The Kier molecular flexibility index (Phi) is 5.04. The lowest BCUT2D eigenvalue weighted by atomic mass is 10.1. The molecule has 0 aromatic carbocycles. The molecule has 0 radical (unpaired) electrons. The van der Waals surface area contributed by atoms with Crippen molar-refractivity contribution in [1.29, 1.82) is 0 Å². The number of nitrogens with one attached hydrogen (secondary N) is 1. The maximum Gasteiger partial charge on any atom is 0.150 e. The Bertz CT molecular complexity index is 855. The Morgan fingerprint density at radius 1 is 1.04 bits per heavy atom. The average Bonchev–Trinajstić information content (AvgIpc) is 3.13. The van der Waals surface area contributed by atoms with Crippen molar-refractivity contribution in [2.24, 2.45) is 0 Å². The van der Waals surface area contributed by atoms with Crippen LogP contribution in [-0.4, -0.2) is 31.4 Å². The number of hydrogen-bond acceptors (Lipinski definition) is 6. The van der Waals surface area contributed by atoms with Crippen LogP contribution in [0.3, 0.4) is 0 Å². The lowest BCUT2D eigenvalue weighted by molar-refractivity contribution is 0.245. The highest BCUT2D eigenvalue weighted by molar-refractivity contribution is 6.30. The van der Waals surface area contributed by atoms with Gasteiger partial charge in [-0.3, -0.25) is 14.9 Å². The fraction of sp³-hybridized carbons (Fsp3) is 0.263. The first-order valence-corrected chi connectivity index (χ1v) is 8.99. The van der Waals surface area contributed by atoms with Crippen LogP contribution in [-0.2, 0) is 6.54 Å². The monoisotopic (exact) mass is 366 g/mol. The van der Waals surface area contributed by atoms with Crippen LogP contribution in [0.5, 0.6) is 0 Å². The van der Waals surface area contributed by atoms with Gasteiger partial charge in [-0.05, 0) is 49.2 Å². The molecule has 1 N–H and O–H groups in total. The molecular weight excluding hydrogens is 348 g/mol. The average molecular weight is 367 g/mol. The summed E-state index contributed by atoms with van der Waals surface area (Å²) in [6, 6.07) is 8.42. The van der Waals surface area contributed by atoms with E-state index in [0.717, 1.165) is 31.0 Å². The number of pyridine rings is 2. The molecule has 1 aliphatic heterocycles. The van der Waals surface area contributed by atoms with Gasteiger partial charge in [-0.25, -0.2) is 9.97 Å². The normalized spacial score (nSPS) is 17.3. The zero-order chi connectivity index (χ0) is 17.8. The van der Waals surface area contributed by atoms with Crippen molar-refractivity contribution < 1.29 is 0 Å². The molecular formula is C19H19ClN6. The fourth-order valence-electron chi connectivity index (χ4n) is 3.32. The zero-order valence-corrected chi connectivity index (χ0v) is 15.0. The van der Waals surface area contributed by atoms with Gasteiger partial charge < -0.3 is 5.32 Å². The minimum absolute atomic E-state index is 0.359. The van der Waals surface area contributed by atoms with Crippen molar-refractivity contribution in [3.8, 4) is 0 Å². The molecule has 3 aromatic heterocycles. The molecule has 7 heteroatoms. The van der Waals surface area contributed by atoms with Crippen molar-refractivity contribution in [1.82, 2.24) is 24.8 Å². The van der Waals surface area contributed by atoms with Gasteiger partial charge in [-0.15, -0.1) is 0 Å². The molecule has 26 heavy (non-hydrogen) atoms. The summed E-state index contributed by atoms with van der Waals surface area (Å²) in [5.41, 5.74) is 2.28. The Labute approximate surface area is 157 Å². The number of anilines is 2. The summed E-state index contributed by atoms with van der Waals surface area (Å²) in [7, 11) is 0. The maximum absolute atomic E-state index is 5.94. The maximum atomic E-state index is 5.94.